The van der Waals surface area contributed by atoms with Crippen LogP contribution in [-0.4, -0.2) is 12.9 Å². The Morgan fingerprint density at radius 2 is 1.86 bits per heavy atom. The maximum Gasteiger partial charge on any atom is 0.197 e. The van der Waals surface area contributed by atoms with Crippen LogP contribution in [-0.2, 0) is 4.74 Å². The van der Waals surface area contributed by atoms with Gasteiger partial charge in [-0.15, -0.1) is 0 Å². The Balaban J connectivity index is 1.80. The molecule has 2 atom stereocenters. The maximum absolute atomic E-state index is 5.80. The van der Waals surface area contributed by atoms with E-state index in [1.807, 2.05) is 19.1 Å². The van der Waals surface area contributed by atoms with Crippen LogP contribution in [0.3, 0.4) is 0 Å². The molecule has 1 aromatic carbocycles. The molecule has 114 valence electrons. The summed E-state index contributed by atoms with van der Waals surface area (Å²) in [6, 6.07) is 8.34. The number of ether oxygens (including phenoxy) is 2. The number of benzene rings is 1. The van der Waals surface area contributed by atoms with Gasteiger partial charge in [-0.3, -0.25) is 0 Å². The van der Waals surface area contributed by atoms with Gasteiger partial charge in [0.25, 0.3) is 0 Å². The van der Waals surface area contributed by atoms with Gasteiger partial charge in [-0.25, -0.2) is 0 Å². The lowest BCUT2D eigenvalue weighted by molar-refractivity contribution is -0.0567. The largest absolute Gasteiger partial charge is 0.465 e. The Kier molecular flexibility index (Phi) is 6.06. The first-order valence-electron chi connectivity index (χ1n) is 7.93. The summed E-state index contributed by atoms with van der Waals surface area (Å²) in [5, 5.41) is 0. The van der Waals surface area contributed by atoms with Crippen LogP contribution in [0.15, 0.2) is 48.1 Å². The van der Waals surface area contributed by atoms with E-state index in [0.717, 1.165) is 25.0 Å². The lowest BCUT2D eigenvalue weighted by Gasteiger charge is -2.17. The molecule has 2 heteroatoms. The van der Waals surface area contributed by atoms with E-state index in [1.165, 1.54) is 11.1 Å². The van der Waals surface area contributed by atoms with Gasteiger partial charge in [-0.05, 0) is 55.4 Å². The van der Waals surface area contributed by atoms with Gasteiger partial charge >= 0.3 is 0 Å². The van der Waals surface area contributed by atoms with Crippen molar-refractivity contribution in [2.75, 3.05) is 6.61 Å². The van der Waals surface area contributed by atoms with E-state index < -0.39 is 0 Å². The molecule has 2 nitrogen and oxygen atoms in total. The summed E-state index contributed by atoms with van der Waals surface area (Å²) in [6.07, 6.45) is 9.72. The molecular weight excluding hydrogens is 260 g/mol. The van der Waals surface area contributed by atoms with Crippen LogP contribution in [0.25, 0.3) is 0 Å². The third kappa shape index (κ3) is 5.05. The second-order valence-corrected chi connectivity index (χ2v) is 5.63. The van der Waals surface area contributed by atoms with Crippen molar-refractivity contribution in [2.24, 2.45) is 0 Å². The van der Waals surface area contributed by atoms with Gasteiger partial charge < -0.3 is 9.47 Å². The van der Waals surface area contributed by atoms with Crippen molar-refractivity contribution in [1.29, 1.82) is 0 Å². The van der Waals surface area contributed by atoms with Crippen LogP contribution < -0.4 is 4.74 Å². The summed E-state index contributed by atoms with van der Waals surface area (Å²) in [5.41, 5.74) is 2.60. The average Bonchev–Trinajstić information content (AvgIpc) is 2.54. The molecule has 0 heterocycles. The van der Waals surface area contributed by atoms with Crippen molar-refractivity contribution in [2.45, 2.75) is 52.2 Å². The van der Waals surface area contributed by atoms with Crippen molar-refractivity contribution in [3.63, 3.8) is 0 Å². The SMILES string of the molecule is CCC(C)c1ccc(OC(C)OCC2=CCCC=C2)cc1. The molecule has 0 radical (unpaired) electrons. The minimum absolute atomic E-state index is 0.240. The van der Waals surface area contributed by atoms with Gasteiger partial charge in [0.05, 0.1) is 6.61 Å². The molecule has 0 saturated heterocycles. The van der Waals surface area contributed by atoms with Gasteiger partial charge in [-0.1, -0.05) is 44.2 Å². The molecule has 0 fully saturated rings. The van der Waals surface area contributed by atoms with Crippen LogP contribution in [0.1, 0.15) is 51.5 Å². The highest BCUT2D eigenvalue weighted by Gasteiger charge is 2.07. The first-order valence-corrected chi connectivity index (χ1v) is 7.93. The zero-order chi connectivity index (χ0) is 15.1. The number of hydrogen-bond donors (Lipinski definition) is 0. The minimum Gasteiger partial charge on any atom is -0.465 e. The first-order chi connectivity index (χ1) is 10.2. The van der Waals surface area contributed by atoms with Gasteiger partial charge in [0.1, 0.15) is 5.75 Å². The van der Waals surface area contributed by atoms with E-state index >= 15 is 0 Å². The molecule has 21 heavy (non-hydrogen) atoms. The van der Waals surface area contributed by atoms with Crippen molar-refractivity contribution in [3.05, 3.63) is 53.6 Å². The standard InChI is InChI=1S/C19H26O2/c1-4-15(2)18-10-12-19(13-11-18)21-16(3)20-14-17-8-6-5-7-9-17/h6,8-13,15-16H,4-5,7,14H2,1-3H3. The lowest BCUT2D eigenvalue weighted by atomic mass is 9.99. The second-order valence-electron chi connectivity index (χ2n) is 5.63. The van der Waals surface area contributed by atoms with E-state index in [9.17, 15) is 0 Å². The topological polar surface area (TPSA) is 18.5 Å². The van der Waals surface area contributed by atoms with Crippen LogP contribution >= 0.6 is 0 Å². The fourth-order valence-electron chi connectivity index (χ4n) is 2.32. The monoisotopic (exact) mass is 286 g/mol. The van der Waals surface area contributed by atoms with Gasteiger partial charge in [0.15, 0.2) is 6.29 Å². The second kappa shape index (κ2) is 8.04. The third-order valence-corrected chi connectivity index (χ3v) is 3.92. The fraction of sp³-hybridized carbons (Fsp3) is 0.474. The smallest absolute Gasteiger partial charge is 0.197 e. The Bertz CT molecular complexity index is 485. The molecule has 0 spiro atoms. The van der Waals surface area contributed by atoms with Crippen LogP contribution in [0, 0.1) is 0 Å². The summed E-state index contributed by atoms with van der Waals surface area (Å²) in [5.74, 6) is 1.46. The molecule has 0 saturated carbocycles. The molecule has 0 N–H and O–H groups in total. The molecule has 1 aliphatic carbocycles. The molecular formula is C19H26O2. The Labute approximate surface area is 128 Å². The summed E-state index contributed by atoms with van der Waals surface area (Å²) in [6.45, 7) is 7.00. The van der Waals surface area contributed by atoms with Crippen LogP contribution in [0.4, 0.5) is 0 Å². The highest BCUT2D eigenvalue weighted by Crippen LogP contribution is 2.22. The summed E-state index contributed by atoms with van der Waals surface area (Å²) >= 11 is 0. The maximum atomic E-state index is 5.80. The highest BCUT2D eigenvalue weighted by atomic mass is 16.7. The third-order valence-electron chi connectivity index (χ3n) is 3.92. The molecule has 1 aliphatic rings. The van der Waals surface area contributed by atoms with Crippen LogP contribution in [0.2, 0.25) is 0 Å². The minimum atomic E-state index is -0.240. The molecule has 0 aromatic heterocycles. The predicted octanol–water partition coefficient (Wildman–Crippen LogP) is 5.22. The molecule has 2 unspecified atom stereocenters. The molecule has 0 amide bonds. The summed E-state index contributed by atoms with van der Waals surface area (Å²) in [4.78, 5) is 0. The quantitative estimate of drug-likeness (QED) is 0.640. The number of hydrogen-bond acceptors (Lipinski definition) is 2. The molecule has 1 aromatic rings. The summed E-state index contributed by atoms with van der Waals surface area (Å²) < 4.78 is 11.5. The predicted molar refractivity (Wildman–Crippen MR) is 87.6 cm³/mol. The zero-order valence-corrected chi connectivity index (χ0v) is 13.3. The van der Waals surface area contributed by atoms with E-state index in [-0.39, 0.29) is 6.29 Å². The van der Waals surface area contributed by atoms with E-state index in [2.05, 4.69) is 44.2 Å². The molecule has 0 bridgehead atoms. The van der Waals surface area contributed by atoms with E-state index in [4.69, 9.17) is 9.47 Å². The Hall–Kier alpha value is -1.54. The normalized spacial score (nSPS) is 17.2. The van der Waals surface area contributed by atoms with Crippen molar-refractivity contribution in [1.82, 2.24) is 0 Å². The molecule has 2 rings (SSSR count). The average molecular weight is 286 g/mol. The highest BCUT2D eigenvalue weighted by molar-refractivity contribution is 5.29. The van der Waals surface area contributed by atoms with Crippen molar-refractivity contribution in [3.8, 4) is 5.75 Å². The number of rotatable bonds is 7. The van der Waals surface area contributed by atoms with Gasteiger partial charge in [0.2, 0.25) is 0 Å². The Morgan fingerprint density at radius 1 is 1.10 bits per heavy atom. The number of allylic oxidation sites excluding steroid dienone is 2. The van der Waals surface area contributed by atoms with Gasteiger partial charge in [-0.2, -0.15) is 0 Å². The van der Waals surface area contributed by atoms with Crippen molar-refractivity contribution < 1.29 is 9.47 Å². The Morgan fingerprint density at radius 3 is 2.48 bits per heavy atom. The first kappa shape index (κ1) is 15.8. The fourth-order valence-corrected chi connectivity index (χ4v) is 2.32. The molecule has 0 aliphatic heterocycles. The zero-order valence-electron chi connectivity index (χ0n) is 13.3. The van der Waals surface area contributed by atoms with E-state index in [0.29, 0.717) is 12.5 Å². The van der Waals surface area contributed by atoms with Crippen molar-refractivity contribution >= 4 is 0 Å². The van der Waals surface area contributed by atoms with E-state index in [1.54, 1.807) is 0 Å². The van der Waals surface area contributed by atoms with Crippen LogP contribution in [0.5, 0.6) is 5.75 Å². The lowest BCUT2D eigenvalue weighted by Crippen LogP contribution is -2.17. The van der Waals surface area contributed by atoms with Gasteiger partial charge in [0, 0.05) is 0 Å². The summed E-state index contributed by atoms with van der Waals surface area (Å²) in [7, 11) is 0.